The van der Waals surface area contributed by atoms with Crippen molar-refractivity contribution in [2.24, 2.45) is 4.99 Å². The third-order valence-corrected chi connectivity index (χ3v) is 4.52. The van der Waals surface area contributed by atoms with Crippen LogP contribution in [0, 0.1) is 4.77 Å². The minimum absolute atomic E-state index is 0.0191. The van der Waals surface area contributed by atoms with Gasteiger partial charge in [0.25, 0.3) is 5.56 Å². The fourth-order valence-corrected chi connectivity index (χ4v) is 3.24. The average molecular weight is 347 g/mol. The number of H-pyrrole nitrogens is 2. The van der Waals surface area contributed by atoms with E-state index in [0.717, 1.165) is 5.04 Å². The van der Waals surface area contributed by atoms with Crippen molar-refractivity contribution in [3.63, 3.8) is 0 Å². The first-order valence-corrected chi connectivity index (χ1v) is 8.19. The van der Waals surface area contributed by atoms with Crippen LogP contribution in [0.3, 0.4) is 0 Å². The Balaban J connectivity index is 1.69. The van der Waals surface area contributed by atoms with Gasteiger partial charge in [-0.3, -0.25) is 14.6 Å². The summed E-state index contributed by atoms with van der Waals surface area (Å²) in [5, 5.41) is 0.721. The molecule has 6 nitrogen and oxygen atoms in total. The van der Waals surface area contributed by atoms with E-state index in [0.29, 0.717) is 29.1 Å². The van der Waals surface area contributed by atoms with Gasteiger partial charge in [0.15, 0.2) is 10.6 Å². The molecule has 0 amide bonds. The highest BCUT2D eigenvalue weighted by atomic mass is 32.2. The van der Waals surface area contributed by atoms with Crippen molar-refractivity contribution in [3.8, 4) is 5.75 Å². The molecular weight excluding hydrogens is 334 g/mol. The second-order valence-corrected chi connectivity index (χ2v) is 6.32. The van der Waals surface area contributed by atoms with Crippen molar-refractivity contribution in [1.82, 2.24) is 9.97 Å². The lowest BCUT2D eigenvalue weighted by Crippen LogP contribution is -2.13. The Morgan fingerprint density at radius 2 is 2.26 bits per heavy atom. The zero-order valence-electron chi connectivity index (χ0n) is 12.2. The van der Waals surface area contributed by atoms with Crippen LogP contribution in [0.4, 0.5) is 5.82 Å². The van der Waals surface area contributed by atoms with Gasteiger partial charge in [0.05, 0.1) is 23.5 Å². The standard InChI is InChI=1S/C15H13N3O3S2/c1-21-9-4-2-3-8(5-9)11(19)7-23-12-6-10-13(16-12)17-15(22)18-14(10)20/h2-5H,6-7H2,1H3,(H2,17,18,20,22). The Morgan fingerprint density at radius 3 is 3.04 bits per heavy atom. The molecule has 0 fully saturated rings. The molecule has 1 aromatic carbocycles. The number of ether oxygens (including phenoxy) is 1. The molecule has 1 aliphatic heterocycles. The number of fused-ring (bicyclic) bond motifs is 1. The van der Waals surface area contributed by atoms with Crippen LogP contribution in [0.15, 0.2) is 34.1 Å². The summed E-state index contributed by atoms with van der Waals surface area (Å²) in [7, 11) is 1.56. The average Bonchev–Trinajstić information content (AvgIpc) is 2.96. The second-order valence-electron chi connectivity index (χ2n) is 4.86. The third kappa shape index (κ3) is 3.43. The normalized spacial score (nSPS) is 12.7. The number of benzene rings is 1. The monoisotopic (exact) mass is 347 g/mol. The molecule has 1 aliphatic rings. The Kier molecular flexibility index (Phi) is 4.44. The number of hydrogen-bond acceptors (Lipinski definition) is 6. The zero-order valence-corrected chi connectivity index (χ0v) is 13.8. The van der Waals surface area contributed by atoms with E-state index in [-0.39, 0.29) is 21.9 Å². The minimum atomic E-state index is -0.234. The maximum absolute atomic E-state index is 12.2. The molecule has 0 radical (unpaired) electrons. The number of Topliss-reactive ketones (excluding diaryl/α,β-unsaturated/α-hetero) is 1. The van der Waals surface area contributed by atoms with Crippen molar-refractivity contribution in [2.75, 3.05) is 12.9 Å². The van der Waals surface area contributed by atoms with Crippen LogP contribution < -0.4 is 10.3 Å². The first-order chi connectivity index (χ1) is 11.1. The number of nitrogens with zero attached hydrogens (tertiary/aromatic N) is 1. The fourth-order valence-electron chi connectivity index (χ4n) is 2.19. The van der Waals surface area contributed by atoms with E-state index >= 15 is 0 Å². The summed E-state index contributed by atoms with van der Waals surface area (Å²) in [4.78, 5) is 33.8. The number of rotatable bonds is 4. The number of aromatic amines is 2. The van der Waals surface area contributed by atoms with Crippen LogP contribution >= 0.6 is 24.0 Å². The fraction of sp³-hybridized carbons (Fsp3) is 0.200. The number of methoxy groups -OCH3 is 1. The van der Waals surface area contributed by atoms with Gasteiger partial charge in [0.1, 0.15) is 11.6 Å². The number of thioether (sulfide) groups is 1. The zero-order chi connectivity index (χ0) is 16.4. The molecule has 1 aromatic heterocycles. The minimum Gasteiger partial charge on any atom is -0.497 e. The molecule has 2 N–H and O–H groups in total. The van der Waals surface area contributed by atoms with E-state index in [1.807, 2.05) is 0 Å². The summed E-state index contributed by atoms with van der Waals surface area (Å²) < 4.78 is 5.36. The first kappa shape index (κ1) is 15.7. The molecule has 2 heterocycles. The van der Waals surface area contributed by atoms with E-state index in [9.17, 15) is 9.59 Å². The number of carbonyl (C=O) groups is 1. The molecule has 0 saturated carbocycles. The lowest BCUT2D eigenvalue weighted by Gasteiger charge is -2.03. The van der Waals surface area contributed by atoms with E-state index in [4.69, 9.17) is 17.0 Å². The van der Waals surface area contributed by atoms with Crippen LogP contribution in [0.1, 0.15) is 15.9 Å². The van der Waals surface area contributed by atoms with Gasteiger partial charge in [0, 0.05) is 12.0 Å². The van der Waals surface area contributed by atoms with Crippen LogP contribution in [-0.4, -0.2) is 33.7 Å². The van der Waals surface area contributed by atoms with Crippen molar-refractivity contribution < 1.29 is 9.53 Å². The van der Waals surface area contributed by atoms with Crippen molar-refractivity contribution in [1.29, 1.82) is 0 Å². The number of aliphatic imine (C=N–C) groups is 1. The van der Waals surface area contributed by atoms with Crippen molar-refractivity contribution in [2.45, 2.75) is 6.42 Å². The molecule has 2 aromatic rings. The first-order valence-electron chi connectivity index (χ1n) is 6.80. The van der Waals surface area contributed by atoms with E-state index < -0.39 is 0 Å². The van der Waals surface area contributed by atoms with E-state index in [1.165, 1.54) is 11.8 Å². The highest BCUT2D eigenvalue weighted by Crippen LogP contribution is 2.26. The topological polar surface area (TPSA) is 87.3 Å². The van der Waals surface area contributed by atoms with Gasteiger partial charge < -0.3 is 9.72 Å². The Labute approximate surface area is 141 Å². The predicted octanol–water partition coefficient (Wildman–Crippen LogP) is 2.64. The molecular formula is C15H13N3O3S2. The number of hydrogen-bond donors (Lipinski definition) is 2. The van der Waals surface area contributed by atoms with Crippen molar-refractivity contribution in [3.05, 3.63) is 50.5 Å². The number of ketones is 1. The predicted molar refractivity (Wildman–Crippen MR) is 92.8 cm³/mol. The third-order valence-electron chi connectivity index (χ3n) is 3.35. The Hall–Kier alpha value is -2.19. The number of nitrogens with one attached hydrogen (secondary N) is 2. The lowest BCUT2D eigenvalue weighted by molar-refractivity contribution is 0.102. The van der Waals surface area contributed by atoms with E-state index in [2.05, 4.69) is 15.0 Å². The smallest absolute Gasteiger partial charge is 0.257 e. The highest BCUT2D eigenvalue weighted by Gasteiger charge is 2.20. The van der Waals surface area contributed by atoms with E-state index in [1.54, 1.807) is 31.4 Å². The van der Waals surface area contributed by atoms with Gasteiger partial charge in [0.2, 0.25) is 0 Å². The molecule has 0 unspecified atom stereocenters. The molecule has 3 rings (SSSR count). The molecule has 0 atom stereocenters. The summed E-state index contributed by atoms with van der Waals surface area (Å²) in [5.41, 5.74) is 0.905. The van der Waals surface area contributed by atoms with Gasteiger partial charge in [-0.2, -0.15) is 0 Å². The van der Waals surface area contributed by atoms with Gasteiger partial charge >= 0.3 is 0 Å². The van der Waals surface area contributed by atoms with Gasteiger partial charge in [-0.15, -0.1) is 11.8 Å². The summed E-state index contributed by atoms with van der Waals surface area (Å²) in [6, 6.07) is 7.02. The SMILES string of the molecule is COc1cccc(C(=O)CSC2=Nc3[nH]c(=S)[nH]c(=O)c3C2)c1. The largest absolute Gasteiger partial charge is 0.497 e. The Bertz CT molecular complexity index is 915. The molecule has 118 valence electrons. The van der Waals surface area contributed by atoms with Crippen LogP contribution in [0.5, 0.6) is 5.75 Å². The van der Waals surface area contributed by atoms with Crippen LogP contribution in [-0.2, 0) is 6.42 Å². The summed E-state index contributed by atoms with van der Waals surface area (Å²) >= 11 is 6.24. The number of carbonyl (C=O) groups excluding carboxylic acids is 1. The summed E-state index contributed by atoms with van der Waals surface area (Å²) in [6.45, 7) is 0. The van der Waals surface area contributed by atoms with Gasteiger partial charge in [-0.25, -0.2) is 4.99 Å². The summed E-state index contributed by atoms with van der Waals surface area (Å²) in [6.07, 6.45) is 0.410. The second kappa shape index (κ2) is 6.51. The van der Waals surface area contributed by atoms with Crippen LogP contribution in [0.2, 0.25) is 0 Å². The highest BCUT2D eigenvalue weighted by molar-refractivity contribution is 8.14. The molecule has 0 aliphatic carbocycles. The Morgan fingerprint density at radius 1 is 1.43 bits per heavy atom. The summed E-state index contributed by atoms with van der Waals surface area (Å²) in [5.74, 6) is 1.36. The van der Waals surface area contributed by atoms with Crippen LogP contribution in [0.25, 0.3) is 0 Å². The van der Waals surface area contributed by atoms with Gasteiger partial charge in [-0.1, -0.05) is 12.1 Å². The van der Waals surface area contributed by atoms with Gasteiger partial charge in [-0.05, 0) is 24.4 Å². The lowest BCUT2D eigenvalue weighted by atomic mass is 10.1. The quantitative estimate of drug-likeness (QED) is 0.656. The maximum Gasteiger partial charge on any atom is 0.257 e. The number of aromatic nitrogens is 2. The molecule has 0 spiro atoms. The maximum atomic E-state index is 12.2. The molecule has 23 heavy (non-hydrogen) atoms. The molecule has 0 bridgehead atoms. The molecule has 0 saturated heterocycles. The molecule has 8 heteroatoms. The van der Waals surface area contributed by atoms with Crippen molar-refractivity contribution >= 4 is 40.6 Å².